The van der Waals surface area contributed by atoms with Gasteiger partial charge < -0.3 is 19.8 Å². The van der Waals surface area contributed by atoms with Gasteiger partial charge in [-0.05, 0) is 19.9 Å². The Morgan fingerprint density at radius 1 is 1.46 bits per heavy atom. The van der Waals surface area contributed by atoms with Gasteiger partial charge in [0.1, 0.15) is 0 Å². The Labute approximate surface area is 79.1 Å². The van der Waals surface area contributed by atoms with E-state index in [9.17, 15) is 5.11 Å². The quantitative estimate of drug-likeness (QED) is 0.623. The Morgan fingerprint density at radius 3 is 2.62 bits per heavy atom. The second kappa shape index (κ2) is 5.54. The number of likely N-dealkylation sites (N-methyl/N-ethyl adjacent to an activating group) is 1. The lowest BCUT2D eigenvalue weighted by Crippen LogP contribution is -2.41. The van der Waals surface area contributed by atoms with E-state index in [0.717, 1.165) is 26.1 Å². The fourth-order valence-corrected chi connectivity index (χ4v) is 1.67. The maximum absolute atomic E-state index is 9.24. The van der Waals surface area contributed by atoms with Crippen molar-refractivity contribution in [3.63, 3.8) is 0 Å². The molecule has 1 fully saturated rings. The summed E-state index contributed by atoms with van der Waals surface area (Å²) in [6, 6.07) is 0.495. The average molecular weight is 189 g/mol. The summed E-state index contributed by atoms with van der Waals surface area (Å²) in [4.78, 5) is 2.10. The van der Waals surface area contributed by atoms with Crippen molar-refractivity contribution in [2.45, 2.75) is 25.0 Å². The highest BCUT2D eigenvalue weighted by molar-refractivity contribution is 4.73. The second-order valence-corrected chi connectivity index (χ2v) is 3.62. The molecule has 0 aromatic heterocycles. The Morgan fingerprint density at radius 2 is 2.08 bits per heavy atom. The molecule has 4 heteroatoms. The van der Waals surface area contributed by atoms with E-state index < -0.39 is 6.10 Å². The van der Waals surface area contributed by atoms with Gasteiger partial charge in [-0.25, -0.2) is 0 Å². The molecule has 0 aliphatic carbocycles. The third-order valence-corrected chi connectivity index (χ3v) is 2.52. The summed E-state index contributed by atoms with van der Waals surface area (Å²) in [6.07, 6.45) is 1.43. The summed E-state index contributed by atoms with van der Waals surface area (Å²) in [7, 11) is 1.98. The SMILES string of the molecule is CN(CC(O)CO)C1CCOCC1. The van der Waals surface area contributed by atoms with Crippen LogP contribution in [0, 0.1) is 0 Å². The first kappa shape index (κ1) is 10.9. The molecule has 1 rings (SSSR count). The number of rotatable bonds is 4. The van der Waals surface area contributed by atoms with Gasteiger partial charge in [0.15, 0.2) is 0 Å². The van der Waals surface area contributed by atoms with Crippen LogP contribution in [0.1, 0.15) is 12.8 Å². The summed E-state index contributed by atoms with van der Waals surface area (Å²) < 4.78 is 5.24. The zero-order chi connectivity index (χ0) is 9.68. The molecule has 0 spiro atoms. The molecule has 13 heavy (non-hydrogen) atoms. The standard InChI is InChI=1S/C9H19NO3/c1-10(6-9(12)7-11)8-2-4-13-5-3-8/h8-9,11-12H,2-7H2,1H3. The van der Waals surface area contributed by atoms with E-state index in [1.165, 1.54) is 0 Å². The van der Waals surface area contributed by atoms with Crippen molar-refractivity contribution in [2.24, 2.45) is 0 Å². The van der Waals surface area contributed by atoms with Gasteiger partial charge in [0, 0.05) is 25.8 Å². The van der Waals surface area contributed by atoms with Crippen LogP contribution in [0.5, 0.6) is 0 Å². The van der Waals surface area contributed by atoms with Crippen LogP contribution in [0.4, 0.5) is 0 Å². The zero-order valence-corrected chi connectivity index (χ0v) is 8.15. The monoisotopic (exact) mass is 189 g/mol. The van der Waals surface area contributed by atoms with Gasteiger partial charge in [0.05, 0.1) is 12.7 Å². The number of hydrogen-bond donors (Lipinski definition) is 2. The van der Waals surface area contributed by atoms with Gasteiger partial charge in [-0.15, -0.1) is 0 Å². The molecule has 1 heterocycles. The van der Waals surface area contributed by atoms with Gasteiger partial charge in [-0.1, -0.05) is 0 Å². The first-order chi connectivity index (χ1) is 6.24. The van der Waals surface area contributed by atoms with Crippen molar-refractivity contribution < 1.29 is 14.9 Å². The lowest BCUT2D eigenvalue weighted by Gasteiger charge is -2.32. The van der Waals surface area contributed by atoms with E-state index >= 15 is 0 Å². The minimum Gasteiger partial charge on any atom is -0.394 e. The molecule has 4 nitrogen and oxygen atoms in total. The van der Waals surface area contributed by atoms with Crippen molar-refractivity contribution in [1.82, 2.24) is 4.90 Å². The molecule has 0 aromatic rings. The summed E-state index contributed by atoms with van der Waals surface area (Å²) in [5.74, 6) is 0. The van der Waals surface area contributed by atoms with Crippen LogP contribution in [0.2, 0.25) is 0 Å². The van der Waals surface area contributed by atoms with Gasteiger partial charge in [0.25, 0.3) is 0 Å². The van der Waals surface area contributed by atoms with Crippen molar-refractivity contribution in [2.75, 3.05) is 33.4 Å². The van der Waals surface area contributed by atoms with Crippen LogP contribution in [0.15, 0.2) is 0 Å². The van der Waals surface area contributed by atoms with Crippen molar-refractivity contribution >= 4 is 0 Å². The molecule has 2 N–H and O–H groups in total. The first-order valence-corrected chi connectivity index (χ1v) is 4.81. The maximum Gasteiger partial charge on any atom is 0.0897 e. The predicted octanol–water partition coefficient (Wildman–Crippen LogP) is -0.550. The lowest BCUT2D eigenvalue weighted by molar-refractivity contribution is 0.0130. The van der Waals surface area contributed by atoms with E-state index in [1.54, 1.807) is 0 Å². The highest BCUT2D eigenvalue weighted by atomic mass is 16.5. The summed E-state index contributed by atoms with van der Waals surface area (Å²) in [6.45, 7) is 2.00. The summed E-state index contributed by atoms with van der Waals surface area (Å²) in [5.41, 5.74) is 0. The third kappa shape index (κ3) is 3.60. The molecular weight excluding hydrogens is 170 g/mol. The Bertz CT molecular complexity index is 137. The molecule has 0 amide bonds. The molecule has 0 saturated carbocycles. The van der Waals surface area contributed by atoms with E-state index in [0.29, 0.717) is 12.6 Å². The number of nitrogens with zero attached hydrogens (tertiary/aromatic N) is 1. The molecule has 0 radical (unpaired) electrons. The topological polar surface area (TPSA) is 52.9 Å². The third-order valence-electron chi connectivity index (χ3n) is 2.52. The summed E-state index contributed by atoms with van der Waals surface area (Å²) >= 11 is 0. The number of ether oxygens (including phenoxy) is 1. The molecule has 1 aliphatic rings. The van der Waals surface area contributed by atoms with Gasteiger partial charge in [-0.3, -0.25) is 0 Å². The molecule has 1 aliphatic heterocycles. The van der Waals surface area contributed by atoms with Crippen molar-refractivity contribution in [1.29, 1.82) is 0 Å². The normalized spacial score (nSPS) is 22.2. The lowest BCUT2D eigenvalue weighted by atomic mass is 10.1. The molecule has 0 bridgehead atoms. The Balaban J connectivity index is 2.24. The van der Waals surface area contributed by atoms with Gasteiger partial charge >= 0.3 is 0 Å². The fourth-order valence-electron chi connectivity index (χ4n) is 1.67. The molecule has 1 atom stereocenters. The molecule has 1 saturated heterocycles. The number of aliphatic hydroxyl groups excluding tert-OH is 2. The van der Waals surface area contributed by atoms with Gasteiger partial charge in [0.2, 0.25) is 0 Å². The van der Waals surface area contributed by atoms with E-state index in [-0.39, 0.29) is 6.61 Å². The van der Waals surface area contributed by atoms with E-state index in [1.807, 2.05) is 7.05 Å². The van der Waals surface area contributed by atoms with Gasteiger partial charge in [-0.2, -0.15) is 0 Å². The van der Waals surface area contributed by atoms with Crippen LogP contribution in [0.25, 0.3) is 0 Å². The molecular formula is C9H19NO3. The molecule has 0 aromatic carbocycles. The second-order valence-electron chi connectivity index (χ2n) is 3.62. The first-order valence-electron chi connectivity index (χ1n) is 4.81. The fraction of sp³-hybridized carbons (Fsp3) is 1.00. The minimum atomic E-state index is -0.618. The zero-order valence-electron chi connectivity index (χ0n) is 8.15. The number of aliphatic hydroxyl groups is 2. The van der Waals surface area contributed by atoms with Crippen molar-refractivity contribution in [3.05, 3.63) is 0 Å². The minimum absolute atomic E-state index is 0.159. The van der Waals surface area contributed by atoms with Crippen LogP contribution >= 0.6 is 0 Å². The summed E-state index contributed by atoms with van der Waals surface area (Å²) in [5, 5.41) is 17.9. The maximum atomic E-state index is 9.24. The molecule has 78 valence electrons. The number of hydrogen-bond acceptors (Lipinski definition) is 4. The highest BCUT2D eigenvalue weighted by Crippen LogP contribution is 2.12. The highest BCUT2D eigenvalue weighted by Gasteiger charge is 2.19. The van der Waals surface area contributed by atoms with Crippen LogP contribution in [-0.4, -0.2) is 60.7 Å². The smallest absolute Gasteiger partial charge is 0.0897 e. The molecule has 1 unspecified atom stereocenters. The van der Waals surface area contributed by atoms with Crippen LogP contribution in [-0.2, 0) is 4.74 Å². The van der Waals surface area contributed by atoms with Crippen LogP contribution < -0.4 is 0 Å². The van der Waals surface area contributed by atoms with E-state index in [2.05, 4.69) is 4.90 Å². The Kier molecular flexibility index (Phi) is 4.66. The largest absolute Gasteiger partial charge is 0.394 e. The Hall–Kier alpha value is -0.160. The average Bonchev–Trinajstić information content (AvgIpc) is 2.19. The van der Waals surface area contributed by atoms with E-state index in [4.69, 9.17) is 9.84 Å². The predicted molar refractivity (Wildman–Crippen MR) is 49.6 cm³/mol. The van der Waals surface area contributed by atoms with Crippen molar-refractivity contribution in [3.8, 4) is 0 Å². The van der Waals surface area contributed by atoms with Crippen LogP contribution in [0.3, 0.4) is 0 Å².